The van der Waals surface area contributed by atoms with Crippen molar-refractivity contribution in [2.75, 3.05) is 18.5 Å². The first-order valence-corrected chi connectivity index (χ1v) is 8.97. The normalized spacial score (nSPS) is 13.0. The smallest absolute Gasteiger partial charge is 0.360 e. The summed E-state index contributed by atoms with van der Waals surface area (Å²) < 4.78 is 29.8. The molecule has 6 heteroatoms. The summed E-state index contributed by atoms with van der Waals surface area (Å²) in [5, 5.41) is 3.21. The molecule has 5 nitrogen and oxygen atoms in total. The zero-order valence-electron chi connectivity index (χ0n) is 13.1. The molecule has 120 valence electrons. The van der Waals surface area contributed by atoms with Crippen LogP contribution in [0.2, 0.25) is 0 Å². The molecule has 0 amide bonds. The van der Waals surface area contributed by atoms with Crippen LogP contribution in [0.25, 0.3) is 0 Å². The molecule has 0 aliphatic carbocycles. The van der Waals surface area contributed by atoms with Crippen molar-refractivity contribution in [1.29, 1.82) is 0 Å². The van der Waals surface area contributed by atoms with Gasteiger partial charge in [-0.1, -0.05) is 18.2 Å². The molecule has 2 rings (SSSR count). The molecule has 0 aliphatic heterocycles. The van der Waals surface area contributed by atoms with Crippen molar-refractivity contribution < 1.29 is 18.0 Å². The Bertz CT molecular complexity index is 616. The Labute approximate surface area is 131 Å². The monoisotopic (exact) mass is 323 g/mol. The minimum absolute atomic E-state index is 0.296. The molecule has 22 heavy (non-hydrogen) atoms. The highest BCUT2D eigenvalue weighted by atomic mass is 31.2. The third-order valence-corrected chi connectivity index (χ3v) is 5.29. The van der Waals surface area contributed by atoms with Crippen molar-refractivity contribution in [1.82, 2.24) is 0 Å². The number of furan rings is 1. The van der Waals surface area contributed by atoms with Gasteiger partial charge in [-0.15, -0.1) is 0 Å². The number of para-hydroxylation sites is 1. The van der Waals surface area contributed by atoms with Crippen molar-refractivity contribution >= 4 is 13.3 Å². The van der Waals surface area contributed by atoms with E-state index in [0.29, 0.717) is 19.0 Å². The van der Waals surface area contributed by atoms with Crippen LogP contribution < -0.4 is 5.32 Å². The predicted octanol–water partition coefficient (Wildman–Crippen LogP) is 4.96. The maximum atomic E-state index is 13.2. The third kappa shape index (κ3) is 4.01. The lowest BCUT2D eigenvalue weighted by Gasteiger charge is -2.26. The van der Waals surface area contributed by atoms with Gasteiger partial charge in [-0.3, -0.25) is 4.57 Å². The Kier molecular flexibility index (Phi) is 5.83. The van der Waals surface area contributed by atoms with E-state index in [1.165, 1.54) is 0 Å². The zero-order chi connectivity index (χ0) is 16.0. The van der Waals surface area contributed by atoms with E-state index in [0.717, 1.165) is 11.4 Å². The van der Waals surface area contributed by atoms with Crippen LogP contribution in [-0.4, -0.2) is 13.2 Å². The van der Waals surface area contributed by atoms with E-state index in [-0.39, 0.29) is 0 Å². The van der Waals surface area contributed by atoms with Crippen LogP contribution in [0.15, 0.2) is 46.9 Å². The number of benzene rings is 1. The summed E-state index contributed by atoms with van der Waals surface area (Å²) in [6, 6.07) is 13.1. The molecule has 0 bridgehead atoms. The molecule has 0 spiro atoms. The highest BCUT2D eigenvalue weighted by Gasteiger charge is 2.39. The van der Waals surface area contributed by atoms with E-state index in [9.17, 15) is 4.57 Å². The predicted molar refractivity (Wildman–Crippen MR) is 87.1 cm³/mol. The van der Waals surface area contributed by atoms with Gasteiger partial charge in [0.25, 0.3) is 0 Å². The van der Waals surface area contributed by atoms with E-state index < -0.39 is 13.4 Å². The molecule has 0 radical (unpaired) electrons. The van der Waals surface area contributed by atoms with Crippen LogP contribution in [0.3, 0.4) is 0 Å². The summed E-state index contributed by atoms with van der Waals surface area (Å²) in [6.07, 6.45) is 0. The van der Waals surface area contributed by atoms with E-state index in [1.807, 2.05) is 43.3 Å². The topological polar surface area (TPSA) is 60.7 Å². The Morgan fingerprint density at radius 1 is 1.09 bits per heavy atom. The average molecular weight is 323 g/mol. The molecule has 0 aliphatic rings. The van der Waals surface area contributed by atoms with Crippen molar-refractivity contribution in [2.45, 2.75) is 26.6 Å². The second-order valence-electron chi connectivity index (χ2n) is 4.74. The molecule has 1 atom stereocenters. The fourth-order valence-electron chi connectivity index (χ4n) is 2.14. The second-order valence-corrected chi connectivity index (χ2v) is 6.85. The first kappa shape index (κ1) is 16.8. The van der Waals surface area contributed by atoms with Gasteiger partial charge in [0, 0.05) is 5.69 Å². The summed E-state index contributed by atoms with van der Waals surface area (Å²) >= 11 is 0. The molecule has 0 fully saturated rings. The quantitative estimate of drug-likeness (QED) is 0.695. The molecule has 1 unspecified atom stereocenters. The van der Waals surface area contributed by atoms with Crippen LogP contribution in [-0.2, 0) is 13.6 Å². The van der Waals surface area contributed by atoms with Crippen LogP contribution >= 0.6 is 7.60 Å². The van der Waals surface area contributed by atoms with Gasteiger partial charge in [-0.05, 0) is 45.0 Å². The summed E-state index contributed by atoms with van der Waals surface area (Å²) in [5.74, 6) is 0.587. The molecule has 1 aromatic heterocycles. The van der Waals surface area contributed by atoms with Crippen molar-refractivity contribution in [3.63, 3.8) is 0 Å². The third-order valence-electron chi connectivity index (χ3n) is 3.04. The molecular weight excluding hydrogens is 301 g/mol. The molecule has 1 aromatic carbocycles. The fourth-order valence-corrected chi connectivity index (χ4v) is 3.99. The summed E-state index contributed by atoms with van der Waals surface area (Å²) in [7, 11) is -3.41. The molecule has 2 aromatic rings. The minimum atomic E-state index is -3.41. The first-order valence-electron chi connectivity index (χ1n) is 7.35. The first-order chi connectivity index (χ1) is 10.6. The fraction of sp³-hybridized carbons (Fsp3) is 0.375. The Morgan fingerprint density at radius 2 is 1.73 bits per heavy atom. The summed E-state index contributed by atoms with van der Waals surface area (Å²) in [6.45, 7) is 6.01. The van der Waals surface area contributed by atoms with Crippen LogP contribution in [0.5, 0.6) is 0 Å². The maximum Gasteiger partial charge on any atom is 0.360 e. The van der Waals surface area contributed by atoms with Gasteiger partial charge in [-0.25, -0.2) is 0 Å². The van der Waals surface area contributed by atoms with E-state index >= 15 is 0 Å². The Morgan fingerprint density at radius 3 is 2.23 bits per heavy atom. The zero-order valence-corrected chi connectivity index (χ0v) is 14.0. The Hall–Kier alpha value is -1.55. The van der Waals surface area contributed by atoms with E-state index in [2.05, 4.69) is 5.32 Å². The van der Waals surface area contributed by atoms with Gasteiger partial charge in [0.2, 0.25) is 0 Å². The van der Waals surface area contributed by atoms with Gasteiger partial charge < -0.3 is 18.8 Å². The summed E-state index contributed by atoms with van der Waals surface area (Å²) in [4.78, 5) is 0. The van der Waals surface area contributed by atoms with E-state index in [1.54, 1.807) is 19.9 Å². The lowest BCUT2D eigenvalue weighted by atomic mass is 10.3. The van der Waals surface area contributed by atoms with Crippen LogP contribution in [0, 0.1) is 6.92 Å². The van der Waals surface area contributed by atoms with Crippen LogP contribution in [0.1, 0.15) is 31.2 Å². The number of nitrogens with one attached hydrogen (secondary N) is 1. The molecule has 1 N–H and O–H groups in total. The number of aryl methyl sites for hydroxylation is 1. The van der Waals surface area contributed by atoms with Gasteiger partial charge >= 0.3 is 7.60 Å². The number of anilines is 1. The van der Waals surface area contributed by atoms with Gasteiger partial charge in [0.1, 0.15) is 11.5 Å². The number of hydrogen-bond donors (Lipinski definition) is 1. The minimum Gasteiger partial charge on any atom is -0.463 e. The SMILES string of the molecule is CCOP(=O)(OCC)C(Nc1ccccc1)c1ccc(C)o1. The van der Waals surface area contributed by atoms with Gasteiger partial charge in [0.15, 0.2) is 5.78 Å². The highest BCUT2D eigenvalue weighted by Crippen LogP contribution is 2.60. The second kappa shape index (κ2) is 7.63. The van der Waals surface area contributed by atoms with Crippen molar-refractivity contribution in [3.8, 4) is 0 Å². The largest absolute Gasteiger partial charge is 0.463 e. The molecule has 0 saturated carbocycles. The van der Waals surface area contributed by atoms with Crippen LogP contribution in [0.4, 0.5) is 5.69 Å². The van der Waals surface area contributed by atoms with Gasteiger partial charge in [-0.2, -0.15) is 0 Å². The van der Waals surface area contributed by atoms with Crippen molar-refractivity contribution in [3.05, 3.63) is 54.0 Å². The standard InChI is InChI=1S/C16H22NO4P/c1-4-19-22(18,20-5-2)16(15-12-11-13(3)21-15)17-14-9-7-6-8-10-14/h6-12,16-17H,4-5H2,1-3H3. The average Bonchev–Trinajstić information content (AvgIpc) is 2.92. The molecular formula is C16H22NO4P. The highest BCUT2D eigenvalue weighted by molar-refractivity contribution is 7.54. The number of hydrogen-bond acceptors (Lipinski definition) is 5. The number of rotatable bonds is 8. The van der Waals surface area contributed by atoms with E-state index in [4.69, 9.17) is 13.5 Å². The lowest BCUT2D eigenvalue weighted by molar-refractivity contribution is 0.211. The lowest BCUT2D eigenvalue weighted by Crippen LogP contribution is -2.14. The Balaban J connectivity index is 2.37. The molecule has 0 saturated heterocycles. The van der Waals surface area contributed by atoms with Gasteiger partial charge in [0.05, 0.1) is 13.2 Å². The summed E-state index contributed by atoms with van der Waals surface area (Å²) in [5.41, 5.74) is 0.821. The van der Waals surface area contributed by atoms with Crippen molar-refractivity contribution in [2.24, 2.45) is 0 Å². The molecule has 1 heterocycles. The maximum absolute atomic E-state index is 13.2.